The minimum Gasteiger partial charge on any atom is -0.379 e. The van der Waals surface area contributed by atoms with Crippen LogP contribution in [0.4, 0.5) is 10.3 Å². The minimum atomic E-state index is -0.351. The van der Waals surface area contributed by atoms with Gasteiger partial charge in [0, 0.05) is 49.5 Å². The van der Waals surface area contributed by atoms with E-state index in [1.165, 1.54) is 12.1 Å². The van der Waals surface area contributed by atoms with E-state index in [1.54, 1.807) is 27.8 Å². The predicted octanol–water partition coefficient (Wildman–Crippen LogP) is 3.43. The van der Waals surface area contributed by atoms with Crippen LogP contribution in [0.1, 0.15) is 13.8 Å². The first-order chi connectivity index (χ1) is 17.4. The first kappa shape index (κ1) is 25.5. The highest BCUT2D eigenvalue weighted by Crippen LogP contribution is 2.24. The highest BCUT2D eigenvalue weighted by atomic mass is 19.1. The molecule has 2 aromatic carbocycles. The standard InChI is InChI=1S/C27H32FN5O3/c1-20(2)26(35)32(13-12-31-14-16-36-17-15-31)19-25(34)30-27-29-24(21-6-4-3-5-7-21)18-33(27)23-10-8-22(28)9-11-23/h3-11,18,20H,12-17,19H2,1-2H3,(H,29,30,34). The molecule has 8 nitrogen and oxygen atoms in total. The van der Waals surface area contributed by atoms with Crippen LogP contribution in [0.2, 0.25) is 0 Å². The van der Waals surface area contributed by atoms with Gasteiger partial charge in [-0.15, -0.1) is 0 Å². The molecular weight excluding hydrogens is 461 g/mol. The molecule has 0 atom stereocenters. The molecule has 36 heavy (non-hydrogen) atoms. The number of aromatic nitrogens is 2. The molecule has 0 unspecified atom stereocenters. The third-order valence-electron chi connectivity index (χ3n) is 6.06. The quantitative estimate of drug-likeness (QED) is 0.494. The van der Waals surface area contributed by atoms with Gasteiger partial charge in [0.05, 0.1) is 25.5 Å². The van der Waals surface area contributed by atoms with E-state index in [2.05, 4.69) is 15.2 Å². The Labute approximate surface area is 210 Å². The molecule has 0 radical (unpaired) electrons. The zero-order valence-electron chi connectivity index (χ0n) is 20.7. The zero-order valence-corrected chi connectivity index (χ0v) is 20.7. The van der Waals surface area contributed by atoms with Crippen molar-refractivity contribution in [1.29, 1.82) is 0 Å². The fourth-order valence-electron chi connectivity index (χ4n) is 4.07. The normalized spacial score (nSPS) is 14.1. The van der Waals surface area contributed by atoms with Crippen LogP contribution >= 0.6 is 0 Å². The molecule has 1 N–H and O–H groups in total. The molecule has 0 aliphatic carbocycles. The van der Waals surface area contributed by atoms with Crippen LogP contribution in [0.15, 0.2) is 60.8 Å². The van der Waals surface area contributed by atoms with Gasteiger partial charge in [-0.05, 0) is 24.3 Å². The first-order valence-electron chi connectivity index (χ1n) is 12.2. The molecule has 1 aliphatic heterocycles. The summed E-state index contributed by atoms with van der Waals surface area (Å²) in [6.45, 7) is 7.68. The number of nitrogens with zero attached hydrogens (tertiary/aromatic N) is 4. The average molecular weight is 494 g/mol. The number of imidazole rings is 1. The summed E-state index contributed by atoms with van der Waals surface area (Å²) < 4.78 is 20.6. The van der Waals surface area contributed by atoms with Gasteiger partial charge in [0.2, 0.25) is 17.8 Å². The molecule has 1 aromatic heterocycles. The van der Waals surface area contributed by atoms with Gasteiger partial charge in [0.25, 0.3) is 0 Å². The number of morpholine rings is 1. The fraction of sp³-hybridized carbons (Fsp3) is 0.370. The Morgan fingerprint density at radius 1 is 1.08 bits per heavy atom. The van der Waals surface area contributed by atoms with Crippen molar-refractivity contribution in [3.05, 3.63) is 66.6 Å². The van der Waals surface area contributed by atoms with Gasteiger partial charge in [-0.2, -0.15) is 0 Å². The number of halogens is 1. The van der Waals surface area contributed by atoms with E-state index in [-0.39, 0.29) is 30.1 Å². The third kappa shape index (κ3) is 6.56. The Kier molecular flexibility index (Phi) is 8.45. The minimum absolute atomic E-state index is 0.0785. The van der Waals surface area contributed by atoms with Crippen LogP contribution < -0.4 is 5.32 Å². The van der Waals surface area contributed by atoms with Crippen LogP contribution in [0, 0.1) is 11.7 Å². The summed E-state index contributed by atoms with van der Waals surface area (Å²) in [4.78, 5) is 34.5. The zero-order chi connectivity index (χ0) is 25.5. The highest BCUT2D eigenvalue weighted by Gasteiger charge is 2.23. The number of carbonyl (C=O) groups is 2. The lowest BCUT2D eigenvalue weighted by molar-refractivity contribution is -0.137. The van der Waals surface area contributed by atoms with Crippen molar-refractivity contribution in [2.24, 2.45) is 5.92 Å². The van der Waals surface area contributed by atoms with Crippen molar-refractivity contribution in [3.63, 3.8) is 0 Å². The second-order valence-electron chi connectivity index (χ2n) is 9.08. The number of rotatable bonds is 9. The number of nitrogens with one attached hydrogen (secondary N) is 1. The number of amides is 2. The van der Waals surface area contributed by atoms with Gasteiger partial charge in [0.15, 0.2) is 0 Å². The fourth-order valence-corrected chi connectivity index (χ4v) is 4.07. The van der Waals surface area contributed by atoms with Crippen LogP contribution in [0.5, 0.6) is 0 Å². The molecule has 4 rings (SSSR count). The van der Waals surface area contributed by atoms with E-state index in [9.17, 15) is 14.0 Å². The largest absolute Gasteiger partial charge is 0.379 e. The van der Waals surface area contributed by atoms with E-state index in [0.717, 1.165) is 18.7 Å². The summed E-state index contributed by atoms with van der Waals surface area (Å²) in [5.74, 6) is -0.704. The Balaban J connectivity index is 1.53. The number of anilines is 1. The van der Waals surface area contributed by atoms with Crippen LogP contribution in [0.25, 0.3) is 16.9 Å². The number of ether oxygens (including phenoxy) is 1. The van der Waals surface area contributed by atoms with Crippen molar-refractivity contribution in [2.75, 3.05) is 51.3 Å². The van der Waals surface area contributed by atoms with Crippen molar-refractivity contribution >= 4 is 17.8 Å². The number of carbonyl (C=O) groups excluding carboxylic acids is 2. The highest BCUT2D eigenvalue weighted by molar-refractivity contribution is 5.94. The third-order valence-corrected chi connectivity index (χ3v) is 6.06. The van der Waals surface area contributed by atoms with E-state index in [4.69, 9.17) is 4.74 Å². The molecule has 0 spiro atoms. The Morgan fingerprint density at radius 2 is 1.78 bits per heavy atom. The Bertz CT molecular complexity index is 1160. The van der Waals surface area contributed by atoms with E-state index in [1.807, 2.05) is 44.2 Å². The maximum atomic E-state index is 13.5. The molecule has 190 valence electrons. The van der Waals surface area contributed by atoms with E-state index >= 15 is 0 Å². The number of hydrogen-bond donors (Lipinski definition) is 1. The molecule has 1 fully saturated rings. The molecule has 1 saturated heterocycles. The number of hydrogen-bond acceptors (Lipinski definition) is 5. The lowest BCUT2D eigenvalue weighted by Gasteiger charge is -2.30. The van der Waals surface area contributed by atoms with Crippen LogP contribution in [-0.4, -0.2) is 77.1 Å². The van der Waals surface area contributed by atoms with Gasteiger partial charge >= 0.3 is 0 Å². The lowest BCUT2D eigenvalue weighted by atomic mass is 10.2. The summed E-state index contributed by atoms with van der Waals surface area (Å²) in [5, 5.41) is 2.87. The van der Waals surface area contributed by atoms with E-state index in [0.29, 0.717) is 43.6 Å². The van der Waals surface area contributed by atoms with Gasteiger partial charge in [0.1, 0.15) is 5.82 Å². The maximum Gasteiger partial charge on any atom is 0.246 e. The summed E-state index contributed by atoms with van der Waals surface area (Å²) in [6, 6.07) is 15.6. The first-order valence-corrected chi connectivity index (χ1v) is 12.2. The van der Waals surface area contributed by atoms with Crippen LogP contribution in [0.3, 0.4) is 0 Å². The average Bonchev–Trinajstić information content (AvgIpc) is 3.31. The van der Waals surface area contributed by atoms with E-state index < -0.39 is 0 Å². The lowest BCUT2D eigenvalue weighted by Crippen LogP contribution is -2.46. The second kappa shape index (κ2) is 11.9. The molecule has 1 aliphatic rings. The molecule has 3 aromatic rings. The van der Waals surface area contributed by atoms with Crippen molar-refractivity contribution < 1.29 is 18.7 Å². The van der Waals surface area contributed by atoms with Gasteiger partial charge in [-0.25, -0.2) is 9.37 Å². The SMILES string of the molecule is CC(C)C(=O)N(CCN1CCOCC1)CC(=O)Nc1nc(-c2ccccc2)cn1-c1ccc(F)cc1. The maximum absolute atomic E-state index is 13.5. The van der Waals surface area contributed by atoms with Crippen molar-refractivity contribution in [3.8, 4) is 16.9 Å². The van der Waals surface area contributed by atoms with Gasteiger partial charge in [-0.3, -0.25) is 24.4 Å². The van der Waals surface area contributed by atoms with Crippen molar-refractivity contribution in [2.45, 2.75) is 13.8 Å². The molecule has 2 heterocycles. The summed E-state index contributed by atoms with van der Waals surface area (Å²) in [7, 11) is 0. The molecule has 2 amide bonds. The molecular formula is C27H32FN5O3. The van der Waals surface area contributed by atoms with Gasteiger partial charge < -0.3 is 9.64 Å². The smallest absolute Gasteiger partial charge is 0.246 e. The monoisotopic (exact) mass is 493 g/mol. The summed E-state index contributed by atoms with van der Waals surface area (Å²) in [6.07, 6.45) is 1.80. The van der Waals surface area contributed by atoms with Crippen molar-refractivity contribution in [1.82, 2.24) is 19.4 Å². The Morgan fingerprint density at radius 3 is 2.44 bits per heavy atom. The topological polar surface area (TPSA) is 79.7 Å². The van der Waals surface area contributed by atoms with Gasteiger partial charge in [-0.1, -0.05) is 44.2 Å². The summed E-state index contributed by atoms with van der Waals surface area (Å²) in [5.41, 5.74) is 2.21. The molecule has 0 saturated carbocycles. The predicted molar refractivity (Wildman–Crippen MR) is 136 cm³/mol. The molecule has 9 heteroatoms. The van der Waals surface area contributed by atoms with Crippen LogP contribution in [-0.2, 0) is 14.3 Å². The summed E-state index contributed by atoms with van der Waals surface area (Å²) >= 11 is 0. The number of benzene rings is 2. The molecule has 0 bridgehead atoms. The second-order valence-corrected chi connectivity index (χ2v) is 9.08. The Hall–Kier alpha value is -3.56.